The Morgan fingerprint density at radius 2 is 1.90 bits per heavy atom. The number of nitrogens with zero attached hydrogens (tertiary/aromatic N) is 4. The van der Waals surface area contributed by atoms with Gasteiger partial charge in [-0.25, -0.2) is 9.97 Å². The van der Waals surface area contributed by atoms with Crippen molar-refractivity contribution in [1.82, 2.24) is 9.97 Å². The second-order valence-corrected chi connectivity index (χ2v) is 8.76. The lowest BCUT2D eigenvalue weighted by Crippen LogP contribution is -2.16. The van der Waals surface area contributed by atoms with E-state index in [2.05, 4.69) is 11.1 Å². The highest BCUT2D eigenvalue weighted by atomic mass is 32.1. The second kappa shape index (κ2) is 9.51. The predicted molar refractivity (Wildman–Crippen MR) is 122 cm³/mol. The van der Waals surface area contributed by atoms with Crippen LogP contribution in [0.5, 0.6) is 5.75 Å². The quantitative estimate of drug-likeness (QED) is 0.332. The van der Waals surface area contributed by atoms with Gasteiger partial charge in [0, 0.05) is 15.9 Å². The third-order valence-electron chi connectivity index (χ3n) is 4.50. The van der Waals surface area contributed by atoms with Crippen LogP contribution in [0.2, 0.25) is 0 Å². The summed E-state index contributed by atoms with van der Waals surface area (Å²) >= 11 is 3.00. The minimum Gasteiger partial charge on any atom is -0.486 e. The van der Waals surface area contributed by atoms with Crippen molar-refractivity contribution in [2.45, 2.75) is 20.1 Å². The normalized spacial score (nSPS) is 10.5. The van der Waals surface area contributed by atoms with Crippen LogP contribution in [0.15, 0.2) is 60.0 Å². The van der Waals surface area contributed by atoms with Crippen molar-refractivity contribution < 1.29 is 9.53 Å². The van der Waals surface area contributed by atoms with Gasteiger partial charge in [0.25, 0.3) is 0 Å². The minimum absolute atomic E-state index is 0.400. The Hall–Kier alpha value is -3.54. The number of ether oxygens (including phenoxy) is 1. The van der Waals surface area contributed by atoms with Crippen molar-refractivity contribution >= 4 is 39.8 Å². The summed E-state index contributed by atoms with van der Waals surface area (Å²) in [5.74, 6) is 0.804. The molecule has 2 heterocycles. The Balaban J connectivity index is 1.56. The molecule has 0 aliphatic carbocycles. The zero-order valence-corrected chi connectivity index (χ0v) is 18.3. The Bertz CT molecular complexity index is 1210. The van der Waals surface area contributed by atoms with Crippen molar-refractivity contribution in [1.29, 1.82) is 5.26 Å². The summed E-state index contributed by atoms with van der Waals surface area (Å²) in [6, 6.07) is 19.1. The van der Waals surface area contributed by atoms with Crippen LogP contribution in [0.4, 0.5) is 10.8 Å². The molecule has 6 nitrogen and oxygen atoms in total. The van der Waals surface area contributed by atoms with E-state index in [0.29, 0.717) is 29.5 Å². The van der Waals surface area contributed by atoms with Crippen LogP contribution in [0.25, 0.3) is 0 Å². The highest BCUT2D eigenvalue weighted by molar-refractivity contribution is 7.15. The molecule has 4 rings (SSSR count). The number of carbonyl (C=O) groups excluding carboxylic acids is 1. The molecule has 0 atom stereocenters. The highest BCUT2D eigenvalue weighted by Crippen LogP contribution is 2.33. The SMILES string of the molecule is Cc1sc(N(Cc2csc(COc3ccccc3)n2)c2ccc(C#N)cc2)nc1C=O. The molecule has 2 aromatic heterocycles. The molecule has 31 heavy (non-hydrogen) atoms. The van der Waals surface area contributed by atoms with E-state index >= 15 is 0 Å². The Kier molecular flexibility index (Phi) is 6.36. The monoisotopic (exact) mass is 446 g/mol. The average Bonchev–Trinajstić information content (AvgIpc) is 3.42. The van der Waals surface area contributed by atoms with Crippen LogP contribution in [0.3, 0.4) is 0 Å². The van der Waals surface area contributed by atoms with Crippen LogP contribution in [-0.4, -0.2) is 16.3 Å². The first kappa shape index (κ1) is 20.7. The van der Waals surface area contributed by atoms with Crippen molar-refractivity contribution in [2.24, 2.45) is 0 Å². The van der Waals surface area contributed by atoms with Crippen LogP contribution in [0, 0.1) is 18.3 Å². The zero-order valence-electron chi connectivity index (χ0n) is 16.7. The number of aryl methyl sites for hydroxylation is 1. The first-order valence-electron chi connectivity index (χ1n) is 9.47. The molecule has 0 radical (unpaired) electrons. The summed E-state index contributed by atoms with van der Waals surface area (Å²) in [7, 11) is 0. The second-order valence-electron chi connectivity index (χ2n) is 6.63. The molecule has 4 aromatic rings. The standard InChI is InChI=1S/C23H18N4O2S2/c1-16-21(13-28)26-23(31-16)27(19-9-7-17(11-24)8-10-19)12-18-15-30-22(25-18)14-29-20-5-3-2-4-6-20/h2-10,13,15H,12,14H2,1H3. The lowest BCUT2D eigenvalue weighted by atomic mass is 10.2. The summed E-state index contributed by atoms with van der Waals surface area (Å²) in [6.45, 7) is 2.76. The number of para-hydroxylation sites is 1. The van der Waals surface area contributed by atoms with E-state index in [1.54, 1.807) is 23.5 Å². The Morgan fingerprint density at radius 1 is 1.13 bits per heavy atom. The fourth-order valence-corrected chi connectivity index (χ4v) is 4.51. The molecule has 2 aromatic carbocycles. The lowest BCUT2D eigenvalue weighted by molar-refractivity contribution is 0.111. The van der Waals surface area contributed by atoms with Crippen molar-refractivity contribution in [3.63, 3.8) is 0 Å². The van der Waals surface area contributed by atoms with E-state index < -0.39 is 0 Å². The van der Waals surface area contributed by atoms with Gasteiger partial charge in [0.2, 0.25) is 0 Å². The maximum Gasteiger partial charge on any atom is 0.191 e. The maximum atomic E-state index is 11.3. The number of hydrogen-bond acceptors (Lipinski definition) is 8. The highest BCUT2D eigenvalue weighted by Gasteiger charge is 2.18. The number of anilines is 2. The summed E-state index contributed by atoms with van der Waals surface area (Å²) in [6.07, 6.45) is 0.772. The van der Waals surface area contributed by atoms with Crippen LogP contribution < -0.4 is 9.64 Å². The van der Waals surface area contributed by atoms with Crippen LogP contribution in [0.1, 0.15) is 31.6 Å². The molecular formula is C23H18N4O2S2. The van der Waals surface area contributed by atoms with Crippen LogP contribution >= 0.6 is 22.7 Å². The summed E-state index contributed by atoms with van der Waals surface area (Å²) in [5.41, 5.74) is 2.78. The number of carbonyl (C=O) groups is 1. The Morgan fingerprint density at radius 3 is 2.58 bits per heavy atom. The van der Waals surface area contributed by atoms with Gasteiger partial charge in [0.15, 0.2) is 11.4 Å². The molecule has 0 spiro atoms. The fourth-order valence-electron chi connectivity index (χ4n) is 2.92. The predicted octanol–water partition coefficient (Wildman–Crippen LogP) is 5.51. The van der Waals surface area contributed by atoms with Gasteiger partial charge in [-0.3, -0.25) is 4.79 Å². The van der Waals surface area contributed by atoms with Gasteiger partial charge in [0.05, 0.1) is 23.9 Å². The van der Waals surface area contributed by atoms with Gasteiger partial charge in [-0.15, -0.1) is 22.7 Å². The maximum absolute atomic E-state index is 11.3. The van der Waals surface area contributed by atoms with Crippen molar-refractivity contribution in [3.05, 3.63) is 86.8 Å². The van der Waals surface area contributed by atoms with Crippen molar-refractivity contribution in [2.75, 3.05) is 4.90 Å². The first-order chi connectivity index (χ1) is 15.2. The number of benzene rings is 2. The first-order valence-corrected chi connectivity index (χ1v) is 11.2. The number of hydrogen-bond donors (Lipinski definition) is 0. The van der Waals surface area contributed by atoms with E-state index in [-0.39, 0.29) is 0 Å². The molecule has 0 saturated carbocycles. The van der Waals surface area contributed by atoms with E-state index in [0.717, 1.165) is 33.3 Å². The average molecular weight is 447 g/mol. The van der Waals surface area contributed by atoms with E-state index in [4.69, 9.17) is 15.0 Å². The van der Waals surface area contributed by atoms with Crippen LogP contribution in [-0.2, 0) is 13.2 Å². The molecule has 0 bridgehead atoms. The topological polar surface area (TPSA) is 79.1 Å². The van der Waals surface area contributed by atoms with Gasteiger partial charge in [0.1, 0.15) is 23.1 Å². The number of nitriles is 1. The number of thiazole rings is 2. The molecule has 154 valence electrons. The largest absolute Gasteiger partial charge is 0.486 e. The third kappa shape index (κ3) is 4.97. The molecular weight excluding hydrogens is 428 g/mol. The molecule has 0 aliphatic heterocycles. The smallest absolute Gasteiger partial charge is 0.191 e. The number of aromatic nitrogens is 2. The summed E-state index contributed by atoms with van der Waals surface area (Å²) in [4.78, 5) is 23.4. The van der Waals surface area contributed by atoms with Gasteiger partial charge < -0.3 is 9.64 Å². The molecule has 8 heteroatoms. The third-order valence-corrected chi connectivity index (χ3v) is 6.38. The van der Waals surface area contributed by atoms with E-state index in [9.17, 15) is 4.79 Å². The number of aldehydes is 1. The minimum atomic E-state index is 0.400. The fraction of sp³-hybridized carbons (Fsp3) is 0.130. The molecule has 0 saturated heterocycles. The summed E-state index contributed by atoms with van der Waals surface area (Å²) < 4.78 is 5.79. The molecule has 0 fully saturated rings. The van der Waals surface area contributed by atoms with Crippen molar-refractivity contribution in [3.8, 4) is 11.8 Å². The van der Waals surface area contributed by atoms with E-state index in [1.807, 2.05) is 59.7 Å². The summed E-state index contributed by atoms with van der Waals surface area (Å²) in [5, 5.41) is 12.7. The van der Waals surface area contributed by atoms with E-state index in [1.165, 1.54) is 11.3 Å². The van der Waals surface area contributed by atoms with Gasteiger partial charge in [-0.1, -0.05) is 18.2 Å². The van der Waals surface area contributed by atoms with Gasteiger partial charge in [-0.2, -0.15) is 5.26 Å². The van der Waals surface area contributed by atoms with Gasteiger partial charge >= 0.3 is 0 Å². The molecule has 0 amide bonds. The number of rotatable bonds is 8. The lowest BCUT2D eigenvalue weighted by Gasteiger charge is -2.21. The Labute approximate surface area is 188 Å². The molecule has 0 N–H and O–H groups in total. The van der Waals surface area contributed by atoms with Gasteiger partial charge in [-0.05, 0) is 43.3 Å². The molecule has 0 unspecified atom stereocenters. The zero-order chi connectivity index (χ0) is 21.6. The molecule has 0 aliphatic rings.